The first kappa shape index (κ1) is 14.4. The van der Waals surface area contributed by atoms with E-state index < -0.39 is 0 Å². The highest BCUT2D eigenvalue weighted by Crippen LogP contribution is 2.22. The zero-order valence-corrected chi connectivity index (χ0v) is 14.0. The second kappa shape index (κ2) is 5.82. The Morgan fingerprint density at radius 1 is 1.00 bits per heavy atom. The van der Waals surface area contributed by atoms with E-state index in [1.807, 2.05) is 63.5 Å². The monoisotopic (exact) mass is 350 g/mol. The van der Waals surface area contributed by atoms with Crippen LogP contribution in [-0.2, 0) is 0 Å². The molecule has 0 aliphatic rings. The van der Waals surface area contributed by atoms with Gasteiger partial charge in [-0.25, -0.2) is 9.38 Å². The summed E-state index contributed by atoms with van der Waals surface area (Å²) in [6.45, 7) is 0.602. The summed E-state index contributed by atoms with van der Waals surface area (Å²) in [5, 5.41) is 12.6. The summed E-state index contributed by atoms with van der Waals surface area (Å²) in [5.74, 6) is 3.14. The van der Waals surface area contributed by atoms with Crippen molar-refractivity contribution in [2.75, 3.05) is 12.4 Å². The SMILES string of the molecule is c1ccc(OCCSc2nnc3n2[nH]c2nc4ccccc4n23)cc1. The summed E-state index contributed by atoms with van der Waals surface area (Å²) in [4.78, 5) is 4.59. The summed E-state index contributed by atoms with van der Waals surface area (Å²) >= 11 is 1.59. The van der Waals surface area contributed by atoms with Crippen molar-refractivity contribution in [3.05, 3.63) is 54.6 Å². The van der Waals surface area contributed by atoms with Crippen LogP contribution in [0.3, 0.4) is 0 Å². The number of imidazole rings is 1. The van der Waals surface area contributed by atoms with Gasteiger partial charge in [0.05, 0.1) is 17.6 Å². The van der Waals surface area contributed by atoms with Gasteiger partial charge < -0.3 is 4.74 Å². The molecular formula is C17H14N6OS. The third kappa shape index (κ3) is 2.42. The smallest absolute Gasteiger partial charge is 0.258 e. The van der Waals surface area contributed by atoms with Gasteiger partial charge in [0.1, 0.15) is 5.75 Å². The molecule has 124 valence electrons. The van der Waals surface area contributed by atoms with E-state index in [0.29, 0.717) is 6.61 Å². The molecular weight excluding hydrogens is 336 g/mol. The maximum Gasteiger partial charge on any atom is 0.258 e. The maximum absolute atomic E-state index is 5.71. The molecule has 5 rings (SSSR count). The summed E-state index contributed by atoms with van der Waals surface area (Å²) in [6.07, 6.45) is 0. The summed E-state index contributed by atoms with van der Waals surface area (Å²) in [6, 6.07) is 17.8. The zero-order valence-electron chi connectivity index (χ0n) is 13.2. The number of hydrogen-bond acceptors (Lipinski definition) is 5. The number of rotatable bonds is 5. The Balaban J connectivity index is 1.38. The Bertz CT molecular complexity index is 1160. The molecule has 0 saturated heterocycles. The summed E-state index contributed by atoms with van der Waals surface area (Å²) < 4.78 is 9.55. The average Bonchev–Trinajstić information content (AvgIpc) is 3.29. The molecule has 0 aliphatic carbocycles. The highest BCUT2D eigenvalue weighted by Gasteiger charge is 2.15. The summed E-state index contributed by atoms with van der Waals surface area (Å²) in [7, 11) is 0. The van der Waals surface area contributed by atoms with E-state index in [1.54, 1.807) is 11.8 Å². The summed E-state index contributed by atoms with van der Waals surface area (Å²) in [5.41, 5.74) is 1.95. The highest BCUT2D eigenvalue weighted by atomic mass is 32.2. The van der Waals surface area contributed by atoms with Gasteiger partial charge in [0, 0.05) is 5.75 Å². The molecule has 2 aromatic carbocycles. The molecule has 0 radical (unpaired) electrons. The van der Waals surface area contributed by atoms with Crippen molar-refractivity contribution in [2.45, 2.75) is 5.16 Å². The third-order valence-corrected chi connectivity index (χ3v) is 4.81. The normalized spacial score (nSPS) is 11.7. The number of nitrogens with one attached hydrogen (secondary N) is 1. The van der Waals surface area contributed by atoms with Crippen LogP contribution in [0.1, 0.15) is 0 Å². The van der Waals surface area contributed by atoms with E-state index in [4.69, 9.17) is 4.74 Å². The topological polar surface area (TPSA) is 72.5 Å². The number of fused-ring (bicyclic) bond motifs is 5. The van der Waals surface area contributed by atoms with Gasteiger partial charge >= 0.3 is 0 Å². The van der Waals surface area contributed by atoms with Gasteiger partial charge in [0.2, 0.25) is 10.9 Å². The lowest BCUT2D eigenvalue weighted by Crippen LogP contribution is -2.01. The number of ether oxygens (including phenoxy) is 1. The maximum atomic E-state index is 5.71. The van der Waals surface area contributed by atoms with Gasteiger partial charge in [-0.3, -0.25) is 5.10 Å². The number of thioether (sulfide) groups is 1. The number of hydrogen-bond donors (Lipinski definition) is 1. The van der Waals surface area contributed by atoms with Crippen LogP contribution >= 0.6 is 11.8 Å². The zero-order chi connectivity index (χ0) is 16.6. The van der Waals surface area contributed by atoms with Crippen LogP contribution in [0.25, 0.3) is 22.6 Å². The molecule has 3 aromatic heterocycles. The number of aromatic amines is 1. The molecule has 0 aliphatic heterocycles. The molecule has 5 aromatic rings. The van der Waals surface area contributed by atoms with Gasteiger partial charge in [-0.05, 0) is 24.3 Å². The minimum atomic E-state index is 0.602. The molecule has 3 heterocycles. The van der Waals surface area contributed by atoms with Gasteiger partial charge in [0.25, 0.3) is 5.78 Å². The van der Waals surface area contributed by atoms with Crippen LogP contribution in [0.2, 0.25) is 0 Å². The lowest BCUT2D eigenvalue weighted by molar-refractivity contribution is 0.344. The lowest BCUT2D eigenvalue weighted by atomic mass is 10.3. The van der Waals surface area contributed by atoms with Crippen molar-refractivity contribution in [3.8, 4) is 5.75 Å². The Morgan fingerprint density at radius 2 is 1.84 bits per heavy atom. The lowest BCUT2D eigenvalue weighted by Gasteiger charge is -2.04. The molecule has 7 nitrogen and oxygen atoms in total. The van der Waals surface area contributed by atoms with Crippen LogP contribution in [0.15, 0.2) is 59.8 Å². The van der Waals surface area contributed by atoms with Crippen LogP contribution in [0, 0.1) is 0 Å². The van der Waals surface area contributed by atoms with E-state index in [1.165, 1.54) is 0 Å². The Hall–Kier alpha value is -3.00. The fourth-order valence-electron chi connectivity index (χ4n) is 2.81. The fourth-order valence-corrected chi connectivity index (χ4v) is 3.52. The second-order valence-corrected chi connectivity index (χ2v) is 6.56. The largest absolute Gasteiger partial charge is 0.493 e. The highest BCUT2D eigenvalue weighted by molar-refractivity contribution is 7.99. The van der Waals surface area contributed by atoms with E-state index in [-0.39, 0.29) is 0 Å². The Kier molecular flexibility index (Phi) is 3.34. The molecule has 0 atom stereocenters. The van der Waals surface area contributed by atoms with Crippen LogP contribution < -0.4 is 4.74 Å². The minimum absolute atomic E-state index is 0.602. The van der Waals surface area contributed by atoms with Crippen molar-refractivity contribution in [2.24, 2.45) is 0 Å². The van der Waals surface area contributed by atoms with E-state index in [2.05, 4.69) is 20.3 Å². The van der Waals surface area contributed by atoms with Crippen molar-refractivity contribution < 1.29 is 4.74 Å². The quantitative estimate of drug-likeness (QED) is 0.390. The van der Waals surface area contributed by atoms with Gasteiger partial charge in [-0.15, -0.1) is 10.2 Å². The molecule has 0 unspecified atom stereocenters. The molecule has 25 heavy (non-hydrogen) atoms. The molecule has 0 bridgehead atoms. The predicted molar refractivity (Wildman–Crippen MR) is 96.3 cm³/mol. The van der Waals surface area contributed by atoms with Crippen molar-refractivity contribution >= 4 is 34.4 Å². The molecule has 1 N–H and O–H groups in total. The van der Waals surface area contributed by atoms with Crippen molar-refractivity contribution in [3.63, 3.8) is 0 Å². The average molecular weight is 350 g/mol. The third-order valence-electron chi connectivity index (χ3n) is 3.92. The molecule has 8 heteroatoms. The van der Waals surface area contributed by atoms with Crippen LogP contribution in [0.4, 0.5) is 0 Å². The fraction of sp³-hybridized carbons (Fsp3) is 0.118. The van der Waals surface area contributed by atoms with Gasteiger partial charge in [0.15, 0.2) is 0 Å². The van der Waals surface area contributed by atoms with Gasteiger partial charge in [-0.1, -0.05) is 42.1 Å². The molecule has 0 saturated carbocycles. The number of aromatic nitrogens is 6. The first-order valence-corrected chi connectivity index (χ1v) is 8.90. The van der Waals surface area contributed by atoms with Crippen LogP contribution in [-0.4, -0.2) is 41.6 Å². The van der Waals surface area contributed by atoms with E-state index in [9.17, 15) is 0 Å². The standard InChI is InChI=1S/C17H14N6OS/c1-2-6-12(7-3-1)24-10-11-25-17-20-19-16-22-14-9-5-4-8-13(14)18-15(22)21-23(16)17/h1-9H,10-11H2,(H,18,21). The van der Waals surface area contributed by atoms with Crippen molar-refractivity contribution in [1.82, 2.24) is 29.2 Å². The second-order valence-electron chi connectivity index (χ2n) is 5.50. The number of nitrogens with zero attached hydrogens (tertiary/aromatic N) is 5. The number of H-pyrrole nitrogens is 1. The van der Waals surface area contributed by atoms with Crippen LogP contribution in [0.5, 0.6) is 5.75 Å². The van der Waals surface area contributed by atoms with Crippen molar-refractivity contribution in [1.29, 1.82) is 0 Å². The van der Waals surface area contributed by atoms with E-state index >= 15 is 0 Å². The molecule has 0 amide bonds. The molecule has 0 fully saturated rings. The minimum Gasteiger partial charge on any atom is -0.493 e. The Labute approximate surface area is 146 Å². The van der Waals surface area contributed by atoms with Gasteiger partial charge in [-0.2, -0.15) is 4.52 Å². The first-order valence-electron chi connectivity index (χ1n) is 7.91. The number of benzene rings is 2. The number of para-hydroxylation sites is 3. The predicted octanol–water partition coefficient (Wildman–Crippen LogP) is 3.03. The Morgan fingerprint density at radius 3 is 2.76 bits per heavy atom. The first-order chi connectivity index (χ1) is 12.4. The molecule has 0 spiro atoms. The van der Waals surface area contributed by atoms with E-state index in [0.717, 1.165) is 39.2 Å².